The highest BCUT2D eigenvalue weighted by atomic mass is 16.5. The Morgan fingerprint density at radius 2 is 1.82 bits per heavy atom. The normalized spacial score (nSPS) is 22.0. The average molecular weight is 305 g/mol. The maximum Gasteiger partial charge on any atom is 0.147 e. The summed E-state index contributed by atoms with van der Waals surface area (Å²) in [4.78, 5) is 11.9. The molecule has 122 valence electrons. The molecule has 0 bridgehead atoms. The van der Waals surface area contributed by atoms with Crippen molar-refractivity contribution >= 4 is 11.5 Å². The van der Waals surface area contributed by atoms with Gasteiger partial charge in [0.1, 0.15) is 11.6 Å². The molecule has 0 aliphatic carbocycles. The van der Waals surface area contributed by atoms with E-state index in [0.29, 0.717) is 11.4 Å². The standard InChI is InChI=1S/C16H27N5O/c1-19-7-9-20(10-8-19)13-3-5-21(6-4-13)16-11-15(22-2)14(17)12-18-16/h11-13H,3-10,17H2,1-2H3. The predicted octanol–water partition coefficient (Wildman–Crippen LogP) is 0.889. The topological polar surface area (TPSA) is 57.9 Å². The van der Waals surface area contributed by atoms with Crippen molar-refractivity contribution in [1.82, 2.24) is 14.8 Å². The van der Waals surface area contributed by atoms with E-state index in [0.717, 1.165) is 24.9 Å². The van der Waals surface area contributed by atoms with Crippen LogP contribution in [0.15, 0.2) is 12.3 Å². The second-order valence-electron chi connectivity index (χ2n) is 6.34. The molecule has 0 atom stereocenters. The van der Waals surface area contributed by atoms with Gasteiger partial charge in [0.25, 0.3) is 0 Å². The van der Waals surface area contributed by atoms with Crippen LogP contribution >= 0.6 is 0 Å². The summed E-state index contributed by atoms with van der Waals surface area (Å²) in [5.41, 5.74) is 6.44. The summed E-state index contributed by atoms with van der Waals surface area (Å²) < 4.78 is 5.30. The van der Waals surface area contributed by atoms with Crippen LogP contribution in [0.4, 0.5) is 11.5 Å². The fourth-order valence-electron chi connectivity index (χ4n) is 3.43. The predicted molar refractivity (Wildman–Crippen MR) is 89.5 cm³/mol. The monoisotopic (exact) mass is 305 g/mol. The molecular formula is C16H27N5O. The van der Waals surface area contributed by atoms with E-state index in [1.807, 2.05) is 6.07 Å². The summed E-state index contributed by atoms with van der Waals surface area (Å²) >= 11 is 0. The molecule has 2 N–H and O–H groups in total. The lowest BCUT2D eigenvalue weighted by molar-refractivity contribution is 0.0981. The first-order valence-electron chi connectivity index (χ1n) is 8.14. The number of anilines is 2. The van der Waals surface area contributed by atoms with Gasteiger partial charge < -0.3 is 20.3 Å². The maximum absolute atomic E-state index is 5.84. The minimum atomic E-state index is 0.596. The van der Waals surface area contributed by atoms with Crippen molar-refractivity contribution in [2.45, 2.75) is 18.9 Å². The average Bonchev–Trinajstić information content (AvgIpc) is 2.56. The van der Waals surface area contributed by atoms with Gasteiger partial charge in [-0.3, -0.25) is 4.90 Å². The van der Waals surface area contributed by atoms with Gasteiger partial charge in [0, 0.05) is 51.4 Å². The third-order valence-corrected chi connectivity index (χ3v) is 4.94. The third-order valence-electron chi connectivity index (χ3n) is 4.94. The SMILES string of the molecule is COc1cc(N2CCC(N3CCN(C)CC3)CC2)ncc1N. The lowest BCUT2D eigenvalue weighted by Crippen LogP contribution is -2.52. The number of likely N-dealkylation sites (N-methyl/N-ethyl adjacent to an activating group) is 1. The van der Waals surface area contributed by atoms with Gasteiger partial charge in [0.2, 0.25) is 0 Å². The zero-order valence-corrected chi connectivity index (χ0v) is 13.7. The fourth-order valence-corrected chi connectivity index (χ4v) is 3.43. The summed E-state index contributed by atoms with van der Waals surface area (Å²) in [5.74, 6) is 1.69. The molecule has 3 heterocycles. The molecule has 0 spiro atoms. The number of piperazine rings is 1. The molecule has 2 saturated heterocycles. The summed E-state index contributed by atoms with van der Waals surface area (Å²) in [5, 5.41) is 0. The smallest absolute Gasteiger partial charge is 0.147 e. The zero-order chi connectivity index (χ0) is 15.5. The highest BCUT2D eigenvalue weighted by Gasteiger charge is 2.27. The minimum absolute atomic E-state index is 0.596. The van der Waals surface area contributed by atoms with Crippen LogP contribution < -0.4 is 15.4 Å². The first-order chi connectivity index (χ1) is 10.7. The number of nitrogen functional groups attached to an aromatic ring is 1. The number of aromatic nitrogens is 1. The van der Waals surface area contributed by atoms with Gasteiger partial charge >= 0.3 is 0 Å². The quantitative estimate of drug-likeness (QED) is 0.895. The van der Waals surface area contributed by atoms with Crippen LogP contribution in [-0.2, 0) is 0 Å². The number of methoxy groups -OCH3 is 1. The molecule has 1 aromatic heterocycles. The van der Waals surface area contributed by atoms with E-state index in [9.17, 15) is 0 Å². The van der Waals surface area contributed by atoms with Crippen LogP contribution in [0.1, 0.15) is 12.8 Å². The number of rotatable bonds is 3. The van der Waals surface area contributed by atoms with Crippen molar-refractivity contribution in [2.24, 2.45) is 0 Å². The fraction of sp³-hybridized carbons (Fsp3) is 0.688. The number of hydrogen-bond acceptors (Lipinski definition) is 6. The van der Waals surface area contributed by atoms with E-state index in [-0.39, 0.29) is 0 Å². The first kappa shape index (κ1) is 15.4. The third kappa shape index (κ3) is 3.28. The van der Waals surface area contributed by atoms with E-state index < -0.39 is 0 Å². The number of ether oxygens (including phenoxy) is 1. The largest absolute Gasteiger partial charge is 0.494 e. The Labute approximate surface area is 132 Å². The molecule has 22 heavy (non-hydrogen) atoms. The molecule has 0 unspecified atom stereocenters. The van der Waals surface area contributed by atoms with Gasteiger partial charge in [-0.25, -0.2) is 4.98 Å². The molecule has 2 aliphatic heterocycles. The molecule has 0 amide bonds. The van der Waals surface area contributed by atoms with E-state index >= 15 is 0 Å². The van der Waals surface area contributed by atoms with Crippen LogP contribution in [0.2, 0.25) is 0 Å². The van der Waals surface area contributed by atoms with Crippen molar-refractivity contribution in [3.8, 4) is 5.75 Å². The number of hydrogen-bond donors (Lipinski definition) is 1. The van der Waals surface area contributed by atoms with Crippen molar-refractivity contribution in [2.75, 3.05) is 64.1 Å². The van der Waals surface area contributed by atoms with Gasteiger partial charge in [0.05, 0.1) is 19.0 Å². The summed E-state index contributed by atoms with van der Waals surface area (Å²) in [6, 6.07) is 2.67. The maximum atomic E-state index is 5.84. The van der Waals surface area contributed by atoms with E-state index in [4.69, 9.17) is 10.5 Å². The molecule has 0 saturated carbocycles. The Kier molecular flexibility index (Phi) is 4.69. The van der Waals surface area contributed by atoms with Crippen LogP contribution in [0.5, 0.6) is 5.75 Å². The van der Waals surface area contributed by atoms with Gasteiger partial charge in [-0.1, -0.05) is 0 Å². The Morgan fingerprint density at radius 3 is 2.45 bits per heavy atom. The molecule has 6 heteroatoms. The van der Waals surface area contributed by atoms with Crippen molar-refractivity contribution in [3.63, 3.8) is 0 Å². The molecule has 0 radical (unpaired) electrons. The van der Waals surface area contributed by atoms with E-state index in [1.165, 1.54) is 39.0 Å². The second kappa shape index (κ2) is 6.71. The molecule has 6 nitrogen and oxygen atoms in total. The molecule has 0 aromatic carbocycles. The number of piperidine rings is 1. The van der Waals surface area contributed by atoms with Gasteiger partial charge in [0.15, 0.2) is 0 Å². The number of nitrogens with zero attached hydrogens (tertiary/aromatic N) is 4. The highest BCUT2D eigenvalue weighted by molar-refractivity contribution is 5.57. The highest BCUT2D eigenvalue weighted by Crippen LogP contribution is 2.27. The summed E-state index contributed by atoms with van der Waals surface area (Å²) in [6.07, 6.45) is 4.11. The molecule has 2 fully saturated rings. The summed E-state index contributed by atoms with van der Waals surface area (Å²) in [6.45, 7) is 6.90. The number of pyridine rings is 1. The lowest BCUT2D eigenvalue weighted by atomic mass is 10.0. The Balaban J connectivity index is 1.57. The van der Waals surface area contributed by atoms with Gasteiger partial charge in [-0.15, -0.1) is 0 Å². The van der Waals surface area contributed by atoms with Gasteiger partial charge in [-0.2, -0.15) is 0 Å². The molecular weight excluding hydrogens is 278 g/mol. The minimum Gasteiger partial charge on any atom is -0.494 e. The van der Waals surface area contributed by atoms with Crippen LogP contribution in [0.3, 0.4) is 0 Å². The first-order valence-corrected chi connectivity index (χ1v) is 8.14. The Morgan fingerprint density at radius 1 is 1.14 bits per heavy atom. The summed E-state index contributed by atoms with van der Waals surface area (Å²) in [7, 11) is 3.86. The van der Waals surface area contributed by atoms with Crippen LogP contribution in [0.25, 0.3) is 0 Å². The van der Waals surface area contributed by atoms with Crippen molar-refractivity contribution in [1.29, 1.82) is 0 Å². The lowest BCUT2D eigenvalue weighted by Gasteiger charge is -2.42. The zero-order valence-electron chi connectivity index (χ0n) is 13.7. The molecule has 2 aliphatic rings. The Bertz CT molecular complexity index is 493. The van der Waals surface area contributed by atoms with E-state index in [1.54, 1.807) is 13.3 Å². The molecule has 1 aromatic rings. The van der Waals surface area contributed by atoms with Crippen molar-refractivity contribution < 1.29 is 4.74 Å². The Hall–Kier alpha value is -1.53. The second-order valence-corrected chi connectivity index (χ2v) is 6.34. The van der Waals surface area contributed by atoms with Crippen LogP contribution in [-0.4, -0.2) is 74.3 Å². The van der Waals surface area contributed by atoms with Crippen molar-refractivity contribution in [3.05, 3.63) is 12.3 Å². The number of nitrogens with two attached hydrogens (primary N) is 1. The molecule has 3 rings (SSSR count). The van der Waals surface area contributed by atoms with Crippen LogP contribution in [0, 0.1) is 0 Å². The van der Waals surface area contributed by atoms with Gasteiger partial charge in [-0.05, 0) is 19.9 Å². The van der Waals surface area contributed by atoms with E-state index in [2.05, 4.69) is 26.7 Å².